The zero-order valence-electron chi connectivity index (χ0n) is 17.0. The van der Waals surface area contributed by atoms with E-state index in [9.17, 15) is 25.2 Å². The molecule has 4 N–H and O–H groups in total. The Kier molecular flexibility index (Phi) is 8.06. The number of hydrogen-bond acceptors (Lipinski definition) is 6. The zero-order chi connectivity index (χ0) is 20.2. The monoisotopic (exact) mass is 386 g/mol. The number of amides is 1. The topological polar surface area (TPSA) is 104 Å². The SMILES string of the molecule is CC(C)(C)C(=O)N(CCCCCCN1C[C@H](O)[C@@H](O)[C@H](O)[C@H]1CO)C1CC1. The van der Waals surface area contributed by atoms with Crippen LogP contribution in [0.15, 0.2) is 0 Å². The molecule has 0 unspecified atom stereocenters. The van der Waals surface area contributed by atoms with Gasteiger partial charge in [-0.05, 0) is 32.2 Å². The molecule has 27 heavy (non-hydrogen) atoms. The van der Waals surface area contributed by atoms with Crippen LogP contribution in [0, 0.1) is 5.41 Å². The summed E-state index contributed by atoms with van der Waals surface area (Å²) in [5, 5.41) is 39.1. The molecular formula is C20H38N2O5. The normalized spacial score (nSPS) is 29.7. The van der Waals surface area contributed by atoms with E-state index in [0.717, 1.165) is 45.1 Å². The van der Waals surface area contributed by atoms with Crippen molar-refractivity contribution in [3.8, 4) is 0 Å². The molecule has 1 aliphatic carbocycles. The average molecular weight is 387 g/mol. The molecule has 2 fully saturated rings. The maximum absolute atomic E-state index is 12.6. The van der Waals surface area contributed by atoms with Crippen LogP contribution in [0.25, 0.3) is 0 Å². The van der Waals surface area contributed by atoms with Gasteiger partial charge in [0.05, 0.1) is 18.8 Å². The lowest BCUT2D eigenvalue weighted by Crippen LogP contribution is -2.62. The Bertz CT molecular complexity index is 477. The second-order valence-electron chi connectivity index (χ2n) is 9.19. The summed E-state index contributed by atoms with van der Waals surface area (Å²) in [6.07, 6.45) is 2.80. The average Bonchev–Trinajstić information content (AvgIpc) is 3.43. The maximum Gasteiger partial charge on any atom is 0.228 e. The van der Waals surface area contributed by atoms with E-state index < -0.39 is 24.4 Å². The van der Waals surface area contributed by atoms with Gasteiger partial charge in [-0.25, -0.2) is 0 Å². The molecule has 0 aromatic carbocycles. The smallest absolute Gasteiger partial charge is 0.228 e. The van der Waals surface area contributed by atoms with Gasteiger partial charge in [0, 0.05) is 24.5 Å². The Balaban J connectivity index is 1.68. The molecule has 2 rings (SSSR count). The summed E-state index contributed by atoms with van der Waals surface area (Å²) in [6.45, 7) is 7.42. The summed E-state index contributed by atoms with van der Waals surface area (Å²) in [6, 6.07) is -0.0945. The van der Waals surface area contributed by atoms with Crippen LogP contribution in [0.1, 0.15) is 59.3 Å². The largest absolute Gasteiger partial charge is 0.395 e. The molecule has 4 atom stereocenters. The Morgan fingerprint density at radius 2 is 1.67 bits per heavy atom. The zero-order valence-corrected chi connectivity index (χ0v) is 17.0. The van der Waals surface area contributed by atoms with Crippen molar-refractivity contribution >= 4 is 5.91 Å². The van der Waals surface area contributed by atoms with Crippen LogP contribution in [0.3, 0.4) is 0 Å². The summed E-state index contributed by atoms with van der Waals surface area (Å²) in [4.78, 5) is 16.5. The van der Waals surface area contributed by atoms with Gasteiger partial charge in [-0.3, -0.25) is 9.69 Å². The Morgan fingerprint density at radius 1 is 1.04 bits per heavy atom. The molecule has 7 heteroatoms. The number of β-amino-alcohol motifs (C(OH)–C–C–N with tert-alkyl or cyclic N) is 1. The highest BCUT2D eigenvalue weighted by Gasteiger charge is 2.40. The van der Waals surface area contributed by atoms with Gasteiger partial charge in [-0.1, -0.05) is 33.6 Å². The highest BCUT2D eigenvalue weighted by atomic mass is 16.4. The van der Waals surface area contributed by atoms with Gasteiger partial charge in [-0.2, -0.15) is 0 Å². The lowest BCUT2D eigenvalue weighted by molar-refractivity contribution is -0.145. The standard InChI is InChI=1S/C20H38N2O5/c1-20(2,3)19(27)22(14-8-9-14)11-7-5-4-6-10-21-12-16(24)18(26)17(25)15(21)13-23/h14-18,23-26H,4-13H2,1-3H3/t15-,16+,17-,18-/m1/s1. The Morgan fingerprint density at radius 3 is 2.22 bits per heavy atom. The van der Waals surface area contributed by atoms with Crippen molar-refractivity contribution < 1.29 is 25.2 Å². The van der Waals surface area contributed by atoms with Crippen molar-refractivity contribution in [2.24, 2.45) is 5.41 Å². The van der Waals surface area contributed by atoms with Crippen LogP contribution in [0.2, 0.25) is 0 Å². The van der Waals surface area contributed by atoms with Crippen LogP contribution in [0.4, 0.5) is 0 Å². The number of aliphatic hydroxyl groups excluding tert-OH is 4. The van der Waals surface area contributed by atoms with E-state index in [1.54, 1.807) is 0 Å². The van der Waals surface area contributed by atoms with Gasteiger partial charge in [0.2, 0.25) is 5.91 Å². The number of unbranched alkanes of at least 4 members (excludes halogenated alkanes) is 3. The van der Waals surface area contributed by atoms with Gasteiger partial charge in [-0.15, -0.1) is 0 Å². The Hall–Kier alpha value is -0.730. The first-order valence-corrected chi connectivity index (χ1v) is 10.4. The number of rotatable bonds is 9. The molecule has 0 spiro atoms. The van der Waals surface area contributed by atoms with Crippen molar-refractivity contribution in [2.75, 3.05) is 26.2 Å². The van der Waals surface area contributed by atoms with E-state index in [1.165, 1.54) is 0 Å². The first kappa shape index (κ1) is 22.6. The molecule has 158 valence electrons. The number of nitrogens with zero attached hydrogens (tertiary/aromatic N) is 2. The molecule has 7 nitrogen and oxygen atoms in total. The minimum Gasteiger partial charge on any atom is -0.395 e. The number of carbonyl (C=O) groups is 1. The number of hydrogen-bond donors (Lipinski definition) is 4. The van der Waals surface area contributed by atoms with Crippen molar-refractivity contribution in [3.63, 3.8) is 0 Å². The summed E-state index contributed by atoms with van der Waals surface area (Å²) in [5.74, 6) is 0.241. The van der Waals surface area contributed by atoms with Crippen LogP contribution in [-0.2, 0) is 4.79 Å². The van der Waals surface area contributed by atoms with E-state index in [-0.39, 0.29) is 24.5 Å². The molecule has 0 bridgehead atoms. The summed E-state index contributed by atoms with van der Waals surface area (Å²) < 4.78 is 0. The third-order valence-corrected chi connectivity index (χ3v) is 5.70. The fraction of sp³-hybridized carbons (Fsp3) is 0.950. The molecule has 1 aliphatic heterocycles. The molecule has 2 aliphatic rings. The van der Waals surface area contributed by atoms with E-state index in [1.807, 2.05) is 25.7 Å². The molecule has 1 saturated carbocycles. The van der Waals surface area contributed by atoms with E-state index in [0.29, 0.717) is 12.6 Å². The summed E-state index contributed by atoms with van der Waals surface area (Å²) in [5.41, 5.74) is -0.331. The minimum atomic E-state index is -1.20. The van der Waals surface area contributed by atoms with Crippen LogP contribution < -0.4 is 0 Å². The van der Waals surface area contributed by atoms with E-state index in [4.69, 9.17) is 0 Å². The van der Waals surface area contributed by atoms with Crippen molar-refractivity contribution in [2.45, 2.75) is 89.7 Å². The molecule has 1 amide bonds. The summed E-state index contributed by atoms with van der Waals surface area (Å²) in [7, 11) is 0. The Labute approximate surface area is 163 Å². The molecule has 1 heterocycles. The predicted octanol–water partition coefficient (Wildman–Crippen LogP) is 0.343. The molecule has 0 aromatic rings. The molecule has 0 radical (unpaired) electrons. The van der Waals surface area contributed by atoms with Crippen molar-refractivity contribution in [1.29, 1.82) is 0 Å². The number of likely N-dealkylation sites (tertiary alicyclic amines) is 1. The molecule has 0 aromatic heterocycles. The first-order chi connectivity index (χ1) is 12.7. The predicted molar refractivity (Wildman–Crippen MR) is 103 cm³/mol. The fourth-order valence-electron chi connectivity index (χ4n) is 3.85. The van der Waals surface area contributed by atoms with Crippen LogP contribution in [0.5, 0.6) is 0 Å². The maximum atomic E-state index is 12.6. The van der Waals surface area contributed by atoms with E-state index >= 15 is 0 Å². The van der Waals surface area contributed by atoms with Crippen LogP contribution >= 0.6 is 0 Å². The van der Waals surface area contributed by atoms with E-state index in [2.05, 4.69) is 4.90 Å². The second kappa shape index (κ2) is 9.65. The minimum absolute atomic E-state index is 0.240. The third-order valence-electron chi connectivity index (χ3n) is 5.70. The van der Waals surface area contributed by atoms with Gasteiger partial charge in [0.1, 0.15) is 12.2 Å². The fourth-order valence-corrected chi connectivity index (χ4v) is 3.85. The van der Waals surface area contributed by atoms with Crippen LogP contribution in [-0.4, -0.2) is 92.8 Å². The highest BCUT2D eigenvalue weighted by Crippen LogP contribution is 2.31. The van der Waals surface area contributed by atoms with Crippen molar-refractivity contribution in [1.82, 2.24) is 9.80 Å². The van der Waals surface area contributed by atoms with Crippen molar-refractivity contribution in [3.05, 3.63) is 0 Å². The summed E-state index contributed by atoms with van der Waals surface area (Å²) >= 11 is 0. The molecule has 1 saturated heterocycles. The van der Waals surface area contributed by atoms with Gasteiger partial charge >= 0.3 is 0 Å². The highest BCUT2D eigenvalue weighted by molar-refractivity contribution is 5.82. The lowest BCUT2D eigenvalue weighted by Gasteiger charge is -2.43. The number of aliphatic hydroxyl groups is 4. The second-order valence-corrected chi connectivity index (χ2v) is 9.19. The quantitative estimate of drug-likeness (QED) is 0.426. The molecular weight excluding hydrogens is 348 g/mol. The lowest BCUT2D eigenvalue weighted by atomic mass is 9.94. The number of piperidine rings is 1. The van der Waals surface area contributed by atoms with Gasteiger partial charge < -0.3 is 25.3 Å². The number of carbonyl (C=O) groups excluding carboxylic acids is 1. The third kappa shape index (κ3) is 6.12. The van der Waals surface area contributed by atoms with Gasteiger partial charge in [0.15, 0.2) is 0 Å². The first-order valence-electron chi connectivity index (χ1n) is 10.4. The van der Waals surface area contributed by atoms with Gasteiger partial charge in [0.25, 0.3) is 0 Å².